The van der Waals surface area contributed by atoms with Crippen LogP contribution in [0.15, 0.2) is 71.8 Å². The highest BCUT2D eigenvalue weighted by Crippen LogP contribution is 2.68. The SMILES string of the molecule is C[S+]([O-])Nc1nn(CC(F)F)c2c(-n3c(C(Cc4cc(F)cc(F)c4)NC(=O)Cn4nc(C(F)F)c5c4C(F)(F)C4CC54)nc4cc(-c5ncccn5)ccc4c3=O)ccc(Cl)c12. The molecule has 13 nitrogen and oxygen atoms in total. The average Bonchev–Trinajstić information content (AvgIpc) is 3.74. The van der Waals surface area contributed by atoms with Crippen LogP contribution in [0.2, 0.25) is 5.02 Å². The van der Waals surface area contributed by atoms with E-state index in [9.17, 15) is 35.7 Å². The molecule has 0 radical (unpaired) electrons. The molecule has 9 rings (SSSR count). The number of amides is 1. The van der Waals surface area contributed by atoms with Crippen LogP contribution in [-0.4, -0.2) is 62.2 Å². The molecule has 2 aliphatic carbocycles. The molecule has 2 N–H and O–H groups in total. The molecule has 4 unspecified atom stereocenters. The smallest absolute Gasteiger partial charge is 0.293 e. The molecule has 0 aliphatic heterocycles. The van der Waals surface area contributed by atoms with Gasteiger partial charge in [0.05, 0.1) is 49.9 Å². The number of alkyl halides is 6. The molecule has 23 heteroatoms. The van der Waals surface area contributed by atoms with Gasteiger partial charge in [-0.1, -0.05) is 17.7 Å². The van der Waals surface area contributed by atoms with Gasteiger partial charge in [-0.25, -0.2) is 41.3 Å². The number of fused-ring (bicyclic) bond motifs is 5. The summed E-state index contributed by atoms with van der Waals surface area (Å²) in [5.41, 5.74) is -3.04. The van der Waals surface area contributed by atoms with Crippen molar-refractivity contribution in [3.05, 3.63) is 122 Å². The van der Waals surface area contributed by atoms with Gasteiger partial charge in [-0.15, -0.1) is 5.10 Å². The van der Waals surface area contributed by atoms with E-state index in [1.807, 2.05) is 0 Å². The first-order chi connectivity index (χ1) is 30.0. The molecular formula is C40H29ClF8N10O3S. The molecule has 4 heterocycles. The fourth-order valence-corrected chi connectivity index (χ4v) is 8.95. The Balaban J connectivity index is 1.27. The van der Waals surface area contributed by atoms with Crippen LogP contribution in [0.25, 0.3) is 38.9 Å². The molecule has 1 fully saturated rings. The second kappa shape index (κ2) is 15.9. The van der Waals surface area contributed by atoms with Crippen molar-refractivity contribution in [1.82, 2.24) is 44.4 Å². The highest BCUT2D eigenvalue weighted by molar-refractivity contribution is 7.92. The monoisotopic (exact) mass is 916 g/mol. The lowest BCUT2D eigenvalue weighted by Crippen LogP contribution is -2.38. The van der Waals surface area contributed by atoms with E-state index >= 15 is 13.6 Å². The molecule has 7 aromatic rings. The third-order valence-corrected chi connectivity index (χ3v) is 11.6. The van der Waals surface area contributed by atoms with E-state index in [1.54, 1.807) is 6.07 Å². The summed E-state index contributed by atoms with van der Waals surface area (Å²) in [5.74, 6) is -9.21. The number of hydrogen-bond donors (Lipinski definition) is 2. The summed E-state index contributed by atoms with van der Waals surface area (Å²) >= 11 is 4.80. The average molecular weight is 917 g/mol. The quantitative estimate of drug-likeness (QED) is 0.0881. The van der Waals surface area contributed by atoms with Crippen molar-refractivity contribution in [2.45, 2.75) is 56.7 Å². The minimum Gasteiger partial charge on any atom is -0.593 e. The number of halogens is 9. The summed E-state index contributed by atoms with van der Waals surface area (Å²) in [6.45, 7) is -2.10. The number of anilines is 1. The van der Waals surface area contributed by atoms with Crippen LogP contribution in [-0.2, 0) is 41.6 Å². The van der Waals surface area contributed by atoms with Gasteiger partial charge >= 0.3 is 0 Å². The first-order valence-electron chi connectivity index (χ1n) is 18.9. The summed E-state index contributed by atoms with van der Waals surface area (Å²) in [6, 6.07) is 9.33. The van der Waals surface area contributed by atoms with Crippen molar-refractivity contribution in [3.8, 4) is 17.1 Å². The van der Waals surface area contributed by atoms with Crippen LogP contribution in [0, 0.1) is 17.6 Å². The maximum atomic E-state index is 15.5. The minimum atomic E-state index is -3.58. The van der Waals surface area contributed by atoms with Gasteiger partial charge in [-0.05, 0) is 60.4 Å². The van der Waals surface area contributed by atoms with Crippen molar-refractivity contribution in [2.75, 3.05) is 11.0 Å². The lowest BCUT2D eigenvalue weighted by Gasteiger charge is -2.24. The molecule has 1 saturated carbocycles. The van der Waals surface area contributed by atoms with Crippen LogP contribution in [0.4, 0.5) is 40.9 Å². The van der Waals surface area contributed by atoms with Crippen LogP contribution >= 0.6 is 11.6 Å². The molecule has 4 atom stereocenters. The van der Waals surface area contributed by atoms with E-state index in [-0.39, 0.29) is 67.5 Å². The lowest BCUT2D eigenvalue weighted by atomic mass is 10.0. The molecule has 1 amide bonds. The van der Waals surface area contributed by atoms with Gasteiger partial charge in [0.15, 0.2) is 5.82 Å². The maximum absolute atomic E-state index is 15.5. The fourth-order valence-electron chi connectivity index (χ4n) is 8.30. The minimum absolute atomic E-state index is 0.0266. The molecule has 0 bridgehead atoms. The number of rotatable bonds is 13. The summed E-state index contributed by atoms with van der Waals surface area (Å²) in [4.78, 5) is 42.4. The summed E-state index contributed by atoms with van der Waals surface area (Å²) in [7, 11) is 0. The highest BCUT2D eigenvalue weighted by atomic mass is 35.5. The number of benzene rings is 3. The Kier molecular flexibility index (Phi) is 10.6. The van der Waals surface area contributed by atoms with Gasteiger partial charge in [-0.3, -0.25) is 23.5 Å². The van der Waals surface area contributed by atoms with Crippen LogP contribution in [0.1, 0.15) is 53.1 Å². The van der Waals surface area contributed by atoms with Gasteiger partial charge in [0.25, 0.3) is 24.3 Å². The predicted molar refractivity (Wildman–Crippen MR) is 213 cm³/mol. The van der Waals surface area contributed by atoms with E-state index in [4.69, 9.17) is 16.6 Å². The number of carbonyl (C=O) groups is 1. The van der Waals surface area contributed by atoms with Crippen molar-refractivity contribution >= 4 is 56.5 Å². The highest BCUT2D eigenvalue weighted by Gasteiger charge is 2.67. The number of carbonyl (C=O) groups excluding carboxylic acids is 1. The molecule has 0 spiro atoms. The zero-order valence-corrected chi connectivity index (χ0v) is 33.8. The standard InChI is InChI=1S/C40H29ClF8N10O3S/c1-63(62)56-37-31-24(41)5-6-27(33(31)57(55-37)15-28(44)45)59-38(53-25-12-18(3-4-21(25)39(59)61)36-50-7-2-8-51-36)26(11-17-9-19(42)13-20(43)10-17)52-29(60)16-58-34-30(32(54-58)35(46)47)22-14-23(22)40(34,48)49/h2-10,12-13,22-23,26,28,35H,11,14-16H2,1H3,(H,52,60)(H,55,56). The van der Waals surface area contributed by atoms with Crippen molar-refractivity contribution in [2.24, 2.45) is 5.92 Å². The molecule has 0 saturated heterocycles. The fraction of sp³-hybridized carbons (Fsp3) is 0.275. The van der Waals surface area contributed by atoms with Crippen LogP contribution in [0.5, 0.6) is 0 Å². The lowest BCUT2D eigenvalue weighted by molar-refractivity contribution is -0.123. The Hall–Kier alpha value is -6.13. The molecular weight excluding hydrogens is 888 g/mol. The summed E-state index contributed by atoms with van der Waals surface area (Å²) < 4.78 is 134. The van der Waals surface area contributed by atoms with Crippen molar-refractivity contribution in [3.63, 3.8) is 0 Å². The van der Waals surface area contributed by atoms with E-state index in [2.05, 4.69) is 30.2 Å². The first kappa shape index (κ1) is 42.2. The molecule has 2 aliphatic rings. The molecule has 4 aromatic heterocycles. The molecule has 3 aromatic carbocycles. The Bertz CT molecular complexity index is 3000. The van der Waals surface area contributed by atoms with Crippen molar-refractivity contribution < 1.29 is 44.5 Å². The van der Waals surface area contributed by atoms with E-state index < -0.39 is 102 Å². The summed E-state index contributed by atoms with van der Waals surface area (Å²) in [6.07, 6.45) is -2.65. The van der Waals surface area contributed by atoms with Gasteiger partial charge in [0.1, 0.15) is 48.2 Å². The van der Waals surface area contributed by atoms with Gasteiger partial charge < -0.3 is 9.87 Å². The largest absolute Gasteiger partial charge is 0.593 e. The third-order valence-electron chi connectivity index (χ3n) is 10.8. The Morgan fingerprint density at radius 2 is 1.75 bits per heavy atom. The molecule has 326 valence electrons. The number of nitrogens with one attached hydrogen (secondary N) is 2. The second-order valence-electron chi connectivity index (χ2n) is 15.0. The topological polar surface area (TPSA) is 160 Å². The molecule has 63 heavy (non-hydrogen) atoms. The normalized spacial score (nSPS) is 17.3. The number of nitrogens with zero attached hydrogens (tertiary/aromatic N) is 8. The predicted octanol–water partition coefficient (Wildman–Crippen LogP) is 7.54. The van der Waals surface area contributed by atoms with E-state index in [0.717, 1.165) is 21.4 Å². The zero-order valence-electron chi connectivity index (χ0n) is 32.2. The second-order valence-corrected chi connectivity index (χ2v) is 16.5. The Labute approximate surface area is 357 Å². The number of hydrogen-bond acceptors (Lipinski definition) is 9. The van der Waals surface area contributed by atoms with E-state index in [0.29, 0.717) is 16.3 Å². The third kappa shape index (κ3) is 7.62. The summed E-state index contributed by atoms with van der Waals surface area (Å²) in [5, 5.41) is 10.3. The van der Waals surface area contributed by atoms with Crippen LogP contribution in [0.3, 0.4) is 0 Å². The Morgan fingerprint density at radius 1 is 1.02 bits per heavy atom. The first-order valence-corrected chi connectivity index (χ1v) is 20.9. The number of aromatic nitrogens is 8. The van der Waals surface area contributed by atoms with Gasteiger partial charge in [-0.2, -0.15) is 18.6 Å². The van der Waals surface area contributed by atoms with E-state index in [1.165, 1.54) is 49.0 Å². The maximum Gasteiger partial charge on any atom is 0.293 e. The van der Waals surface area contributed by atoms with Gasteiger partial charge in [0.2, 0.25) is 11.7 Å². The van der Waals surface area contributed by atoms with Gasteiger partial charge in [0, 0.05) is 41.9 Å². The zero-order chi connectivity index (χ0) is 44.6. The van der Waals surface area contributed by atoms with Crippen LogP contribution < -0.4 is 15.6 Å². The Morgan fingerprint density at radius 3 is 2.43 bits per heavy atom. The van der Waals surface area contributed by atoms with Crippen molar-refractivity contribution in [1.29, 1.82) is 0 Å².